The molecule has 23 heavy (non-hydrogen) atoms. The number of nitrogens with zero attached hydrogens (tertiary/aromatic N) is 1. The number of hydrogen-bond donors (Lipinski definition) is 1. The number of carbonyl (C=O) groups excluding carboxylic acids is 1. The summed E-state index contributed by atoms with van der Waals surface area (Å²) in [5, 5.41) is 4.27. The third-order valence-corrected chi connectivity index (χ3v) is 4.21. The first-order valence-electron chi connectivity index (χ1n) is 6.98. The molecule has 0 bridgehead atoms. The Bertz CT molecular complexity index is 666. The Morgan fingerprint density at radius 2 is 2.00 bits per heavy atom. The van der Waals surface area contributed by atoms with Crippen molar-refractivity contribution in [3.63, 3.8) is 0 Å². The number of thiophene rings is 1. The molecule has 7 heteroatoms. The van der Waals surface area contributed by atoms with Crippen molar-refractivity contribution >= 4 is 28.6 Å². The second kappa shape index (κ2) is 7.04. The minimum atomic E-state index is -4.53. The van der Waals surface area contributed by atoms with Gasteiger partial charge < -0.3 is 10.2 Å². The zero-order valence-electron chi connectivity index (χ0n) is 12.8. The summed E-state index contributed by atoms with van der Waals surface area (Å²) in [7, 11) is 3.32. The Kier molecular flexibility index (Phi) is 5.30. The lowest BCUT2D eigenvalue weighted by molar-refractivity contribution is -0.136. The Balaban J connectivity index is 2.13. The van der Waals surface area contributed by atoms with Gasteiger partial charge in [-0.05, 0) is 36.1 Å². The van der Waals surface area contributed by atoms with Crippen LogP contribution >= 0.6 is 11.3 Å². The standard InChI is InChI=1S/C16H17F3N2OS/c1-21(2)11-5-7-14(13(10-11)16(17,18)19)20-15(22)8-6-12-4-3-9-23-12/h3-5,7,9-10H,6,8H2,1-2H3,(H,20,22). The molecular weight excluding hydrogens is 325 g/mol. The Morgan fingerprint density at radius 1 is 1.26 bits per heavy atom. The van der Waals surface area contributed by atoms with Crippen molar-refractivity contribution in [1.82, 2.24) is 0 Å². The molecule has 1 amide bonds. The van der Waals surface area contributed by atoms with Crippen LogP contribution in [0.25, 0.3) is 0 Å². The van der Waals surface area contributed by atoms with Crippen LogP contribution < -0.4 is 10.2 Å². The summed E-state index contributed by atoms with van der Waals surface area (Å²) in [6.45, 7) is 0. The van der Waals surface area contributed by atoms with Gasteiger partial charge in [0.25, 0.3) is 0 Å². The van der Waals surface area contributed by atoms with E-state index in [-0.39, 0.29) is 12.1 Å². The molecule has 0 radical (unpaired) electrons. The Hall–Kier alpha value is -2.02. The highest BCUT2D eigenvalue weighted by molar-refractivity contribution is 7.09. The van der Waals surface area contributed by atoms with Gasteiger partial charge in [0.1, 0.15) is 0 Å². The van der Waals surface area contributed by atoms with Crippen molar-refractivity contribution in [2.24, 2.45) is 0 Å². The van der Waals surface area contributed by atoms with Crippen LogP contribution in [0.1, 0.15) is 16.9 Å². The van der Waals surface area contributed by atoms with Crippen LogP contribution in [-0.2, 0) is 17.4 Å². The number of rotatable bonds is 5. The molecule has 0 spiro atoms. The van der Waals surface area contributed by atoms with Crippen molar-refractivity contribution in [2.45, 2.75) is 19.0 Å². The van der Waals surface area contributed by atoms with Gasteiger partial charge in [-0.2, -0.15) is 13.2 Å². The molecule has 0 aliphatic heterocycles. The first-order valence-corrected chi connectivity index (χ1v) is 7.86. The van der Waals surface area contributed by atoms with E-state index in [1.807, 2.05) is 17.5 Å². The predicted molar refractivity (Wildman–Crippen MR) is 87.0 cm³/mol. The Labute approximate surface area is 136 Å². The second-order valence-corrected chi connectivity index (χ2v) is 6.28. The van der Waals surface area contributed by atoms with Gasteiger partial charge in [0.15, 0.2) is 0 Å². The van der Waals surface area contributed by atoms with Crippen molar-refractivity contribution in [1.29, 1.82) is 0 Å². The SMILES string of the molecule is CN(C)c1ccc(NC(=O)CCc2cccs2)c(C(F)(F)F)c1. The summed E-state index contributed by atoms with van der Waals surface area (Å²) in [6.07, 6.45) is -3.86. The van der Waals surface area contributed by atoms with Crippen LogP contribution in [0.3, 0.4) is 0 Å². The van der Waals surface area contributed by atoms with Gasteiger partial charge in [-0.1, -0.05) is 6.07 Å². The van der Waals surface area contributed by atoms with Crippen LogP contribution in [0, 0.1) is 0 Å². The van der Waals surface area contributed by atoms with Gasteiger partial charge in [0.2, 0.25) is 5.91 Å². The van der Waals surface area contributed by atoms with Crippen molar-refractivity contribution < 1.29 is 18.0 Å². The number of aryl methyl sites for hydroxylation is 1. The van der Waals surface area contributed by atoms with Crippen LogP contribution in [-0.4, -0.2) is 20.0 Å². The maximum absolute atomic E-state index is 13.2. The van der Waals surface area contributed by atoms with Gasteiger partial charge in [-0.3, -0.25) is 4.79 Å². The summed E-state index contributed by atoms with van der Waals surface area (Å²) >= 11 is 1.52. The average molecular weight is 342 g/mol. The van der Waals surface area contributed by atoms with E-state index < -0.39 is 17.6 Å². The normalized spacial score (nSPS) is 11.3. The fraction of sp³-hybridized carbons (Fsp3) is 0.312. The molecule has 124 valence electrons. The molecule has 0 aliphatic carbocycles. The van der Waals surface area contributed by atoms with E-state index in [1.165, 1.54) is 17.4 Å². The number of nitrogens with one attached hydrogen (secondary N) is 1. The van der Waals surface area contributed by atoms with E-state index in [2.05, 4.69) is 5.32 Å². The highest BCUT2D eigenvalue weighted by atomic mass is 32.1. The molecule has 3 nitrogen and oxygen atoms in total. The molecule has 0 saturated carbocycles. The number of benzene rings is 1. The smallest absolute Gasteiger partial charge is 0.378 e. The zero-order chi connectivity index (χ0) is 17.0. The van der Waals surface area contributed by atoms with Gasteiger partial charge >= 0.3 is 6.18 Å². The summed E-state index contributed by atoms with van der Waals surface area (Å²) in [5.41, 5.74) is -0.624. The quantitative estimate of drug-likeness (QED) is 0.873. The van der Waals surface area contributed by atoms with E-state index in [1.54, 1.807) is 25.1 Å². The number of halogens is 3. The highest BCUT2D eigenvalue weighted by Gasteiger charge is 2.34. The highest BCUT2D eigenvalue weighted by Crippen LogP contribution is 2.37. The molecule has 1 N–H and O–H groups in total. The molecule has 1 heterocycles. The molecule has 0 saturated heterocycles. The lowest BCUT2D eigenvalue weighted by Gasteiger charge is -2.18. The summed E-state index contributed by atoms with van der Waals surface area (Å²) in [5.74, 6) is -0.429. The second-order valence-electron chi connectivity index (χ2n) is 5.25. The van der Waals surface area contributed by atoms with Crippen LogP contribution in [0.15, 0.2) is 35.7 Å². The fourth-order valence-corrected chi connectivity index (χ4v) is 2.77. The van der Waals surface area contributed by atoms with Gasteiger partial charge in [0.05, 0.1) is 11.3 Å². The van der Waals surface area contributed by atoms with Gasteiger partial charge in [0, 0.05) is 31.1 Å². The van der Waals surface area contributed by atoms with Crippen molar-refractivity contribution in [2.75, 3.05) is 24.3 Å². The van der Waals surface area contributed by atoms with Gasteiger partial charge in [-0.15, -0.1) is 11.3 Å². The molecule has 1 aromatic carbocycles. The van der Waals surface area contributed by atoms with Gasteiger partial charge in [-0.25, -0.2) is 0 Å². The summed E-state index contributed by atoms with van der Waals surface area (Å²) in [6, 6.07) is 7.64. The zero-order valence-corrected chi connectivity index (χ0v) is 13.6. The average Bonchev–Trinajstić information content (AvgIpc) is 2.97. The summed E-state index contributed by atoms with van der Waals surface area (Å²) in [4.78, 5) is 14.5. The van der Waals surface area contributed by atoms with Crippen molar-refractivity contribution in [3.8, 4) is 0 Å². The van der Waals surface area contributed by atoms with E-state index in [4.69, 9.17) is 0 Å². The van der Waals surface area contributed by atoms with Crippen LogP contribution in [0.4, 0.5) is 24.5 Å². The maximum atomic E-state index is 13.2. The predicted octanol–water partition coefficient (Wildman–Crippen LogP) is 4.40. The number of amides is 1. The monoisotopic (exact) mass is 342 g/mol. The van der Waals surface area contributed by atoms with E-state index in [0.29, 0.717) is 12.1 Å². The molecule has 2 rings (SSSR count). The van der Waals surface area contributed by atoms with E-state index >= 15 is 0 Å². The van der Waals surface area contributed by atoms with Crippen molar-refractivity contribution in [3.05, 3.63) is 46.2 Å². The molecule has 0 aliphatic rings. The molecule has 1 aromatic heterocycles. The minimum Gasteiger partial charge on any atom is -0.378 e. The third kappa shape index (κ3) is 4.72. The maximum Gasteiger partial charge on any atom is 0.418 e. The minimum absolute atomic E-state index is 0.146. The first kappa shape index (κ1) is 17.3. The molecular formula is C16H17F3N2OS. The largest absolute Gasteiger partial charge is 0.418 e. The number of alkyl halides is 3. The lowest BCUT2D eigenvalue weighted by Crippen LogP contribution is -2.18. The first-order chi connectivity index (χ1) is 10.8. The lowest BCUT2D eigenvalue weighted by atomic mass is 10.1. The van der Waals surface area contributed by atoms with E-state index in [0.717, 1.165) is 10.9 Å². The topological polar surface area (TPSA) is 32.3 Å². The number of hydrogen-bond acceptors (Lipinski definition) is 3. The molecule has 0 atom stereocenters. The van der Waals surface area contributed by atoms with Crippen LogP contribution in [0.5, 0.6) is 0 Å². The molecule has 2 aromatic rings. The molecule has 0 fully saturated rings. The fourth-order valence-electron chi connectivity index (χ4n) is 2.06. The van der Waals surface area contributed by atoms with Crippen LogP contribution in [0.2, 0.25) is 0 Å². The Morgan fingerprint density at radius 3 is 2.57 bits per heavy atom. The van der Waals surface area contributed by atoms with E-state index in [9.17, 15) is 18.0 Å². The summed E-state index contributed by atoms with van der Waals surface area (Å²) < 4.78 is 39.5. The molecule has 0 unspecified atom stereocenters. The number of anilines is 2. The third-order valence-electron chi connectivity index (χ3n) is 3.28. The number of carbonyl (C=O) groups is 1.